The van der Waals surface area contributed by atoms with Gasteiger partial charge < -0.3 is 9.84 Å². The van der Waals surface area contributed by atoms with Gasteiger partial charge in [0, 0.05) is 10.6 Å². The molecule has 0 aliphatic heterocycles. The van der Waals surface area contributed by atoms with Crippen molar-refractivity contribution in [1.82, 2.24) is 0 Å². The van der Waals surface area contributed by atoms with Crippen molar-refractivity contribution in [3.05, 3.63) is 53.1 Å². The number of hydrogen-bond acceptors (Lipinski definition) is 3. The highest BCUT2D eigenvalue weighted by molar-refractivity contribution is 6.33. The summed E-state index contributed by atoms with van der Waals surface area (Å²) < 4.78 is 4.61. The van der Waals surface area contributed by atoms with Crippen LogP contribution in [-0.2, 0) is 16.0 Å². The number of methoxy groups -OCH3 is 1. The van der Waals surface area contributed by atoms with Crippen molar-refractivity contribution in [2.24, 2.45) is 0 Å². The van der Waals surface area contributed by atoms with Gasteiger partial charge in [0.25, 0.3) is 0 Å². The van der Waals surface area contributed by atoms with Crippen LogP contribution in [0.25, 0.3) is 11.1 Å². The van der Waals surface area contributed by atoms with Gasteiger partial charge in [-0.25, -0.2) is 0 Å². The Bertz CT molecular complexity index is 591. The molecular weight excluding hydrogens is 264 g/mol. The van der Waals surface area contributed by atoms with Gasteiger partial charge in [-0.3, -0.25) is 4.79 Å². The summed E-state index contributed by atoms with van der Waals surface area (Å²) in [5, 5.41) is 9.82. The third-order valence-corrected chi connectivity index (χ3v) is 3.10. The lowest BCUT2D eigenvalue weighted by atomic mass is 10.0. The molecule has 0 aliphatic rings. The molecule has 2 aromatic rings. The van der Waals surface area contributed by atoms with Crippen LogP contribution in [0.2, 0.25) is 5.02 Å². The average molecular weight is 277 g/mol. The quantitative estimate of drug-likeness (QED) is 0.874. The Morgan fingerprint density at radius 1 is 1.21 bits per heavy atom. The summed E-state index contributed by atoms with van der Waals surface area (Å²) in [4.78, 5) is 11.2. The van der Waals surface area contributed by atoms with E-state index in [4.69, 9.17) is 11.6 Å². The third-order valence-electron chi connectivity index (χ3n) is 2.79. The maximum atomic E-state index is 11.2. The molecule has 0 amide bonds. The smallest absolute Gasteiger partial charge is 0.309 e. The second-order valence-corrected chi connectivity index (χ2v) is 4.52. The molecule has 2 rings (SSSR count). The van der Waals surface area contributed by atoms with Crippen LogP contribution in [0.4, 0.5) is 0 Å². The Hall–Kier alpha value is -2.00. The molecule has 0 spiro atoms. The van der Waals surface area contributed by atoms with Gasteiger partial charge in [-0.15, -0.1) is 0 Å². The predicted octanol–water partition coefficient (Wildman–Crippen LogP) is 3.43. The number of hydrogen-bond donors (Lipinski definition) is 1. The summed E-state index contributed by atoms with van der Waals surface area (Å²) in [5.74, 6) is -0.0874. The number of phenolic OH excluding ortho intramolecular Hbond substituents is 1. The fourth-order valence-electron chi connectivity index (χ4n) is 1.78. The monoisotopic (exact) mass is 276 g/mol. The lowest BCUT2D eigenvalue weighted by molar-refractivity contribution is -0.139. The fourth-order valence-corrected chi connectivity index (χ4v) is 2.09. The number of phenols is 1. The Labute approximate surface area is 116 Å². The molecule has 0 bridgehead atoms. The molecule has 0 radical (unpaired) electrons. The second kappa shape index (κ2) is 5.76. The lowest BCUT2D eigenvalue weighted by Gasteiger charge is -2.07. The van der Waals surface area contributed by atoms with Crippen LogP contribution in [0.1, 0.15) is 5.56 Å². The molecule has 2 aromatic carbocycles. The van der Waals surface area contributed by atoms with Gasteiger partial charge in [-0.2, -0.15) is 0 Å². The van der Waals surface area contributed by atoms with Crippen LogP contribution >= 0.6 is 11.6 Å². The van der Waals surface area contributed by atoms with Crippen LogP contribution in [0, 0.1) is 0 Å². The highest BCUT2D eigenvalue weighted by Gasteiger charge is 2.08. The van der Waals surface area contributed by atoms with E-state index < -0.39 is 0 Å². The van der Waals surface area contributed by atoms with Crippen molar-refractivity contribution >= 4 is 17.6 Å². The van der Waals surface area contributed by atoms with E-state index in [9.17, 15) is 9.90 Å². The molecule has 0 unspecified atom stereocenters. The number of ether oxygens (including phenoxy) is 1. The van der Waals surface area contributed by atoms with E-state index in [0.29, 0.717) is 5.02 Å². The normalized spacial score (nSPS) is 10.2. The maximum Gasteiger partial charge on any atom is 0.309 e. The van der Waals surface area contributed by atoms with Gasteiger partial charge in [0.1, 0.15) is 5.75 Å². The second-order valence-electron chi connectivity index (χ2n) is 4.11. The molecule has 1 N–H and O–H groups in total. The van der Waals surface area contributed by atoms with Crippen molar-refractivity contribution < 1.29 is 14.6 Å². The number of carbonyl (C=O) groups excluding carboxylic acids is 1. The minimum Gasteiger partial charge on any atom is -0.508 e. The summed E-state index contributed by atoms with van der Waals surface area (Å²) in [7, 11) is 1.36. The number of benzene rings is 2. The summed E-state index contributed by atoms with van der Waals surface area (Å²) in [6, 6.07) is 12.2. The molecule has 0 saturated heterocycles. The van der Waals surface area contributed by atoms with Crippen molar-refractivity contribution in [2.75, 3.05) is 7.11 Å². The van der Waals surface area contributed by atoms with Gasteiger partial charge >= 0.3 is 5.97 Å². The first-order valence-electron chi connectivity index (χ1n) is 5.75. The standard InChI is InChI=1S/C15H13ClO3/c1-19-15(18)9-10-2-7-13(14(16)8-10)11-3-5-12(17)6-4-11/h2-8,17H,9H2,1H3. The first kappa shape index (κ1) is 13.4. The van der Waals surface area contributed by atoms with Crippen molar-refractivity contribution in [2.45, 2.75) is 6.42 Å². The fraction of sp³-hybridized carbons (Fsp3) is 0.133. The van der Waals surface area contributed by atoms with Crippen molar-refractivity contribution in [1.29, 1.82) is 0 Å². The molecule has 98 valence electrons. The van der Waals surface area contributed by atoms with Gasteiger partial charge in [-0.05, 0) is 29.3 Å². The number of aromatic hydroxyl groups is 1. The molecule has 4 heteroatoms. The summed E-state index contributed by atoms with van der Waals surface area (Å²) in [5.41, 5.74) is 2.57. The largest absolute Gasteiger partial charge is 0.508 e. The minimum absolute atomic E-state index is 0.200. The first-order valence-corrected chi connectivity index (χ1v) is 6.12. The topological polar surface area (TPSA) is 46.5 Å². The third kappa shape index (κ3) is 3.26. The van der Waals surface area contributed by atoms with Gasteiger partial charge in [0.2, 0.25) is 0 Å². The average Bonchev–Trinajstić information content (AvgIpc) is 2.40. The number of rotatable bonds is 3. The molecule has 0 fully saturated rings. The van der Waals surface area contributed by atoms with Crippen molar-refractivity contribution in [3.8, 4) is 16.9 Å². The number of carbonyl (C=O) groups is 1. The van der Waals surface area contributed by atoms with E-state index >= 15 is 0 Å². The Kier molecular flexibility index (Phi) is 4.07. The first-order chi connectivity index (χ1) is 9.10. The lowest BCUT2D eigenvalue weighted by Crippen LogP contribution is -2.04. The van der Waals surface area contributed by atoms with E-state index in [2.05, 4.69) is 4.74 Å². The Morgan fingerprint density at radius 2 is 1.89 bits per heavy atom. The molecule has 19 heavy (non-hydrogen) atoms. The van der Waals surface area contributed by atoms with Crippen LogP contribution in [0.15, 0.2) is 42.5 Å². The zero-order valence-electron chi connectivity index (χ0n) is 10.4. The highest BCUT2D eigenvalue weighted by Crippen LogP contribution is 2.30. The van der Waals surface area contributed by atoms with Crippen LogP contribution in [0.5, 0.6) is 5.75 Å². The number of esters is 1. The van der Waals surface area contributed by atoms with E-state index in [1.807, 2.05) is 12.1 Å². The van der Waals surface area contributed by atoms with E-state index in [1.54, 1.807) is 30.3 Å². The molecule has 0 saturated carbocycles. The molecule has 0 atom stereocenters. The zero-order chi connectivity index (χ0) is 13.8. The molecule has 0 aromatic heterocycles. The molecule has 0 aliphatic carbocycles. The maximum absolute atomic E-state index is 11.2. The highest BCUT2D eigenvalue weighted by atomic mass is 35.5. The molecule has 3 nitrogen and oxygen atoms in total. The minimum atomic E-state index is -0.298. The van der Waals surface area contributed by atoms with E-state index in [1.165, 1.54) is 7.11 Å². The van der Waals surface area contributed by atoms with Crippen LogP contribution in [0.3, 0.4) is 0 Å². The summed E-state index contributed by atoms with van der Waals surface area (Å²) in [6.45, 7) is 0. The predicted molar refractivity (Wildman–Crippen MR) is 74.3 cm³/mol. The zero-order valence-corrected chi connectivity index (χ0v) is 11.1. The van der Waals surface area contributed by atoms with E-state index in [-0.39, 0.29) is 18.1 Å². The Balaban J connectivity index is 2.29. The molecule has 0 heterocycles. The number of halogens is 1. The molecular formula is C15H13ClO3. The van der Waals surface area contributed by atoms with Crippen LogP contribution in [-0.4, -0.2) is 18.2 Å². The SMILES string of the molecule is COC(=O)Cc1ccc(-c2ccc(O)cc2)c(Cl)c1. The Morgan fingerprint density at radius 3 is 2.47 bits per heavy atom. The van der Waals surface area contributed by atoms with Gasteiger partial charge in [0.05, 0.1) is 13.5 Å². The van der Waals surface area contributed by atoms with Gasteiger partial charge in [-0.1, -0.05) is 35.9 Å². The van der Waals surface area contributed by atoms with Gasteiger partial charge in [0.15, 0.2) is 0 Å². The van der Waals surface area contributed by atoms with E-state index in [0.717, 1.165) is 16.7 Å². The van der Waals surface area contributed by atoms with Crippen molar-refractivity contribution in [3.63, 3.8) is 0 Å². The van der Waals surface area contributed by atoms with Crippen LogP contribution < -0.4 is 0 Å². The summed E-state index contributed by atoms with van der Waals surface area (Å²) >= 11 is 6.22. The summed E-state index contributed by atoms with van der Waals surface area (Å²) in [6.07, 6.45) is 0.200.